The van der Waals surface area contributed by atoms with Gasteiger partial charge >= 0.3 is 6.18 Å². The van der Waals surface area contributed by atoms with E-state index in [9.17, 15) is 23.3 Å². The maximum absolute atomic E-state index is 12.7. The average molecular weight is 401 g/mol. The highest BCUT2D eigenvalue weighted by atomic mass is 19.4. The summed E-state index contributed by atoms with van der Waals surface area (Å²) in [5, 5.41) is 11.4. The van der Waals surface area contributed by atoms with Gasteiger partial charge in [0.15, 0.2) is 5.52 Å². The Labute approximate surface area is 162 Å². The second-order valence-electron chi connectivity index (χ2n) is 5.74. The van der Waals surface area contributed by atoms with Crippen molar-refractivity contribution < 1.29 is 22.8 Å². The molecule has 0 unspecified atom stereocenters. The summed E-state index contributed by atoms with van der Waals surface area (Å²) in [6.45, 7) is 8.00. The number of alkyl halides is 3. The van der Waals surface area contributed by atoms with Gasteiger partial charge in [-0.25, -0.2) is 9.97 Å². The first kappa shape index (κ1) is 23.6. The Hall–Kier alpha value is -2.45. The summed E-state index contributed by atoms with van der Waals surface area (Å²) in [6, 6.07) is 4.42. The van der Waals surface area contributed by atoms with E-state index in [1.807, 2.05) is 27.7 Å². The minimum atomic E-state index is -4.17. The van der Waals surface area contributed by atoms with Gasteiger partial charge in [0.1, 0.15) is 12.4 Å². The quantitative estimate of drug-likeness (QED) is 0.459. The Morgan fingerprint density at radius 3 is 2.21 bits per heavy atom. The van der Waals surface area contributed by atoms with E-state index in [0.29, 0.717) is 5.39 Å². The van der Waals surface area contributed by atoms with E-state index in [2.05, 4.69) is 9.97 Å². The molecule has 0 aliphatic heterocycles. The number of hydrogen-bond donors (Lipinski definition) is 0. The summed E-state index contributed by atoms with van der Waals surface area (Å²) >= 11 is 0. The first-order valence-corrected chi connectivity index (χ1v) is 9.47. The van der Waals surface area contributed by atoms with E-state index in [1.54, 1.807) is 6.07 Å². The first-order chi connectivity index (χ1) is 13.4. The number of fused-ring (bicyclic) bond motifs is 1. The molecule has 0 radical (unpaired) electrons. The number of hydrogen-bond acceptors (Lipinski definition) is 5. The van der Waals surface area contributed by atoms with Crippen molar-refractivity contribution in [2.75, 3.05) is 0 Å². The second kappa shape index (κ2) is 10.8. The third-order valence-corrected chi connectivity index (χ3v) is 4.22. The molecule has 3 rings (SSSR count). The molecule has 6 nitrogen and oxygen atoms in total. The van der Waals surface area contributed by atoms with Crippen molar-refractivity contribution in [2.24, 2.45) is 5.92 Å². The number of nitro benzene ring substituents is 1. The van der Waals surface area contributed by atoms with Crippen molar-refractivity contribution in [3.05, 3.63) is 34.6 Å². The Morgan fingerprint density at radius 2 is 1.68 bits per heavy atom. The zero-order chi connectivity index (χ0) is 21.3. The van der Waals surface area contributed by atoms with Gasteiger partial charge in [-0.15, -0.1) is 0 Å². The fraction of sp³-hybridized carbons (Fsp3) is 0.579. The van der Waals surface area contributed by atoms with Gasteiger partial charge in [0, 0.05) is 6.07 Å². The topological polar surface area (TPSA) is 78.2 Å². The molecule has 0 spiro atoms. The molecule has 156 valence electrons. The van der Waals surface area contributed by atoms with E-state index in [0.717, 1.165) is 6.33 Å². The third kappa shape index (κ3) is 5.77. The molecule has 1 aromatic carbocycles. The number of non-ortho nitro benzene ring substituents is 1. The molecule has 2 aromatic rings. The molecule has 1 aliphatic rings. The molecule has 1 aliphatic carbocycles. The van der Waals surface area contributed by atoms with Crippen LogP contribution in [0.5, 0.6) is 5.88 Å². The van der Waals surface area contributed by atoms with Gasteiger partial charge in [0.05, 0.1) is 16.2 Å². The Bertz CT molecular complexity index is 761. The highest BCUT2D eigenvalue weighted by molar-refractivity contribution is 5.90. The van der Waals surface area contributed by atoms with Gasteiger partial charge in [-0.2, -0.15) is 13.2 Å². The lowest BCUT2D eigenvalue weighted by atomic mass is 9.87. The van der Waals surface area contributed by atoms with Crippen molar-refractivity contribution in [1.29, 1.82) is 0 Å². The van der Waals surface area contributed by atoms with Crippen molar-refractivity contribution in [3.8, 4) is 5.88 Å². The molecule has 0 saturated heterocycles. The lowest BCUT2D eigenvalue weighted by molar-refractivity contribution is -0.383. The van der Waals surface area contributed by atoms with Crippen LogP contribution in [0, 0.1) is 16.0 Å². The van der Waals surface area contributed by atoms with Crippen LogP contribution in [0.1, 0.15) is 53.4 Å². The number of aromatic nitrogens is 2. The number of para-hydroxylation sites is 1. The van der Waals surface area contributed by atoms with Crippen molar-refractivity contribution in [2.45, 2.75) is 65.7 Å². The Kier molecular flexibility index (Phi) is 9.08. The van der Waals surface area contributed by atoms with Crippen LogP contribution in [0.15, 0.2) is 24.5 Å². The minimum absolute atomic E-state index is 0.0112. The van der Waals surface area contributed by atoms with Crippen LogP contribution in [-0.4, -0.2) is 27.2 Å². The minimum Gasteiger partial charge on any atom is -0.474 e. The number of benzene rings is 1. The van der Waals surface area contributed by atoms with Crippen LogP contribution < -0.4 is 4.74 Å². The molecular formula is C19H26F3N3O3. The van der Waals surface area contributed by atoms with Crippen molar-refractivity contribution >= 4 is 16.6 Å². The van der Waals surface area contributed by atoms with Crippen molar-refractivity contribution in [3.63, 3.8) is 0 Å². The molecule has 1 saturated carbocycles. The smallest absolute Gasteiger partial charge is 0.391 e. The predicted octanol–water partition coefficient (Wildman–Crippen LogP) is 6.09. The summed E-state index contributed by atoms with van der Waals surface area (Å²) in [4.78, 5) is 18.4. The SMILES string of the molecule is CC.CC.O=[N+]([O-])c1cccc2c(OC3CCC(C(F)(F)F)CC3)ncnc12. The summed E-state index contributed by atoms with van der Waals surface area (Å²) in [5.41, 5.74) is -0.0167. The largest absolute Gasteiger partial charge is 0.474 e. The van der Waals surface area contributed by atoms with Gasteiger partial charge in [0.2, 0.25) is 5.88 Å². The monoisotopic (exact) mass is 401 g/mol. The van der Waals surface area contributed by atoms with Crippen LogP contribution in [-0.2, 0) is 0 Å². The maximum Gasteiger partial charge on any atom is 0.391 e. The van der Waals surface area contributed by atoms with Crippen molar-refractivity contribution in [1.82, 2.24) is 9.97 Å². The van der Waals surface area contributed by atoms with E-state index < -0.39 is 17.0 Å². The highest BCUT2D eigenvalue weighted by Gasteiger charge is 2.41. The summed E-state index contributed by atoms with van der Waals surface area (Å²) in [5.74, 6) is -1.13. The van der Waals surface area contributed by atoms with Crippen LogP contribution >= 0.6 is 0 Å². The predicted molar refractivity (Wildman–Crippen MR) is 101 cm³/mol. The van der Waals surface area contributed by atoms with Gasteiger partial charge in [0.25, 0.3) is 5.69 Å². The fourth-order valence-electron chi connectivity index (χ4n) is 2.96. The summed E-state index contributed by atoms with van der Waals surface area (Å²) in [7, 11) is 0. The van der Waals surface area contributed by atoms with E-state index in [1.165, 1.54) is 12.1 Å². The van der Waals surface area contributed by atoms with Gasteiger partial charge < -0.3 is 4.74 Å². The van der Waals surface area contributed by atoms with Crippen LogP contribution in [0.3, 0.4) is 0 Å². The van der Waals surface area contributed by atoms with Crippen LogP contribution in [0.2, 0.25) is 0 Å². The molecule has 1 fully saturated rings. The van der Waals surface area contributed by atoms with Crippen LogP contribution in [0.25, 0.3) is 10.9 Å². The average Bonchev–Trinajstić information content (AvgIpc) is 2.70. The molecular weight excluding hydrogens is 375 g/mol. The lowest BCUT2D eigenvalue weighted by Crippen LogP contribution is -2.32. The number of rotatable bonds is 3. The number of halogens is 3. The maximum atomic E-state index is 12.7. The first-order valence-electron chi connectivity index (χ1n) is 9.47. The van der Waals surface area contributed by atoms with E-state index in [-0.39, 0.29) is 48.9 Å². The summed E-state index contributed by atoms with van der Waals surface area (Å²) < 4.78 is 43.8. The summed E-state index contributed by atoms with van der Waals surface area (Å²) in [6.07, 6.45) is -2.84. The number of nitrogens with zero attached hydrogens (tertiary/aromatic N) is 3. The van der Waals surface area contributed by atoms with E-state index >= 15 is 0 Å². The zero-order valence-electron chi connectivity index (χ0n) is 16.5. The van der Waals surface area contributed by atoms with E-state index in [4.69, 9.17) is 4.74 Å². The van der Waals surface area contributed by atoms with Gasteiger partial charge in [-0.05, 0) is 31.7 Å². The Balaban J connectivity index is 0.000000921. The molecule has 1 aromatic heterocycles. The molecule has 28 heavy (non-hydrogen) atoms. The molecule has 0 bridgehead atoms. The molecule has 0 amide bonds. The number of ether oxygens (including phenoxy) is 1. The molecule has 9 heteroatoms. The third-order valence-electron chi connectivity index (χ3n) is 4.22. The van der Waals surface area contributed by atoms with Crippen LogP contribution in [0.4, 0.5) is 18.9 Å². The molecule has 0 atom stereocenters. The zero-order valence-corrected chi connectivity index (χ0v) is 16.5. The molecule has 0 N–H and O–H groups in total. The van der Waals surface area contributed by atoms with Gasteiger partial charge in [-0.3, -0.25) is 10.1 Å². The second-order valence-corrected chi connectivity index (χ2v) is 5.74. The standard InChI is InChI=1S/C15H14F3N3O3.2C2H6/c16-15(17,18)9-4-6-10(7-5-9)24-14-11-2-1-3-12(21(22)23)13(11)19-8-20-14;2*1-2/h1-3,8-10H,4-7H2;2*1-2H3. The highest BCUT2D eigenvalue weighted by Crippen LogP contribution is 2.39. The fourth-order valence-corrected chi connectivity index (χ4v) is 2.96. The Morgan fingerprint density at radius 1 is 1.07 bits per heavy atom. The van der Waals surface area contributed by atoms with Gasteiger partial charge in [-0.1, -0.05) is 33.8 Å². The lowest BCUT2D eigenvalue weighted by Gasteiger charge is -2.29. The molecule has 1 heterocycles. The number of nitro groups is 1. The normalized spacial score (nSPS) is 19.0.